The number of carbonyl (C=O) groups excluding carboxylic acids is 1. The summed E-state index contributed by atoms with van der Waals surface area (Å²) in [4.78, 5) is 11.0. The van der Waals surface area contributed by atoms with Crippen molar-refractivity contribution in [3.63, 3.8) is 0 Å². The molecule has 0 heterocycles. The van der Waals surface area contributed by atoms with Gasteiger partial charge in [0.1, 0.15) is 5.78 Å². The molecule has 1 radical (unpaired) electrons. The van der Waals surface area contributed by atoms with Gasteiger partial charge in [0.05, 0.1) is 0 Å². The fourth-order valence-electron chi connectivity index (χ4n) is 1.07. The maximum Gasteiger partial charge on any atom is 0.132 e. The molecule has 1 nitrogen and oxygen atoms in total. The minimum atomic E-state index is 0.385. The van der Waals surface area contributed by atoms with Gasteiger partial charge in [-0.25, -0.2) is 0 Å². The molecular formula is C10H19O. The Balaban J connectivity index is 3.04. The van der Waals surface area contributed by atoms with Crippen LogP contribution in [-0.2, 0) is 4.79 Å². The fourth-order valence-corrected chi connectivity index (χ4v) is 1.07. The van der Waals surface area contributed by atoms with Crippen molar-refractivity contribution < 1.29 is 4.79 Å². The Kier molecular flexibility index (Phi) is 7.54. The molecule has 0 aliphatic heterocycles. The van der Waals surface area contributed by atoms with Crippen molar-refractivity contribution in [3.05, 3.63) is 6.92 Å². The average Bonchev–Trinajstić information content (AvgIpc) is 1.99. The molecule has 0 aromatic carbocycles. The topological polar surface area (TPSA) is 17.1 Å². The van der Waals surface area contributed by atoms with Gasteiger partial charge in [0.2, 0.25) is 0 Å². The third-order valence-corrected chi connectivity index (χ3v) is 1.76. The van der Waals surface area contributed by atoms with Crippen molar-refractivity contribution in [2.45, 2.75) is 51.9 Å². The monoisotopic (exact) mass is 155 g/mol. The zero-order valence-corrected chi connectivity index (χ0v) is 7.57. The molecular weight excluding hydrogens is 136 g/mol. The molecule has 0 aromatic heterocycles. The minimum absolute atomic E-state index is 0.385. The first kappa shape index (κ1) is 10.7. The summed E-state index contributed by atoms with van der Waals surface area (Å²) in [6.07, 6.45) is 6.99. The molecule has 0 amide bonds. The number of carbonyl (C=O) groups is 1. The summed E-state index contributed by atoms with van der Waals surface area (Å²) >= 11 is 0. The maximum atomic E-state index is 11.0. The molecule has 0 fully saturated rings. The van der Waals surface area contributed by atoms with Crippen molar-refractivity contribution in [3.8, 4) is 0 Å². The van der Waals surface area contributed by atoms with Gasteiger partial charge in [-0.05, 0) is 12.8 Å². The SMILES string of the molecule is [CH2]CCC(=O)CCCCCC. The summed E-state index contributed by atoms with van der Waals surface area (Å²) in [6.45, 7) is 5.83. The number of hydrogen-bond acceptors (Lipinski definition) is 1. The molecule has 0 bridgehead atoms. The van der Waals surface area contributed by atoms with E-state index in [0.29, 0.717) is 12.2 Å². The predicted octanol–water partition coefficient (Wildman–Crippen LogP) is 3.14. The molecule has 0 saturated heterocycles. The number of Topliss-reactive ketones (excluding diaryl/α,β-unsaturated/α-hetero) is 1. The average molecular weight is 155 g/mol. The van der Waals surface area contributed by atoms with Crippen molar-refractivity contribution >= 4 is 5.78 Å². The third kappa shape index (κ3) is 7.57. The van der Waals surface area contributed by atoms with Gasteiger partial charge in [-0.15, -0.1) is 0 Å². The molecule has 11 heavy (non-hydrogen) atoms. The molecule has 0 aliphatic rings. The van der Waals surface area contributed by atoms with Gasteiger partial charge in [-0.3, -0.25) is 4.79 Å². The quantitative estimate of drug-likeness (QED) is 0.516. The highest BCUT2D eigenvalue weighted by molar-refractivity contribution is 5.78. The number of rotatable bonds is 7. The van der Waals surface area contributed by atoms with Crippen LogP contribution in [0.25, 0.3) is 0 Å². The first-order valence-electron chi connectivity index (χ1n) is 4.62. The summed E-state index contributed by atoms with van der Waals surface area (Å²) in [5.41, 5.74) is 0. The van der Waals surface area contributed by atoms with E-state index in [0.717, 1.165) is 19.3 Å². The van der Waals surface area contributed by atoms with Crippen LogP contribution in [0.2, 0.25) is 0 Å². The molecule has 0 aromatic rings. The van der Waals surface area contributed by atoms with E-state index >= 15 is 0 Å². The van der Waals surface area contributed by atoms with Crippen LogP contribution < -0.4 is 0 Å². The highest BCUT2D eigenvalue weighted by Crippen LogP contribution is 2.04. The molecule has 0 atom stereocenters. The van der Waals surface area contributed by atoms with Crippen molar-refractivity contribution in [1.29, 1.82) is 0 Å². The lowest BCUT2D eigenvalue weighted by Gasteiger charge is -1.97. The summed E-state index contributed by atoms with van der Waals surface area (Å²) in [5.74, 6) is 0.385. The number of ketones is 1. The van der Waals surface area contributed by atoms with Gasteiger partial charge in [0, 0.05) is 12.8 Å². The Morgan fingerprint density at radius 2 is 1.91 bits per heavy atom. The Hall–Kier alpha value is -0.330. The van der Waals surface area contributed by atoms with Crippen LogP contribution in [0.3, 0.4) is 0 Å². The lowest BCUT2D eigenvalue weighted by molar-refractivity contribution is -0.119. The molecule has 0 saturated carbocycles. The summed E-state index contributed by atoms with van der Waals surface area (Å²) in [7, 11) is 0. The van der Waals surface area contributed by atoms with Crippen molar-refractivity contribution in [2.24, 2.45) is 0 Å². The van der Waals surface area contributed by atoms with E-state index in [2.05, 4.69) is 13.8 Å². The smallest absolute Gasteiger partial charge is 0.132 e. The van der Waals surface area contributed by atoms with Crippen LogP contribution in [0, 0.1) is 6.92 Å². The molecule has 0 rings (SSSR count). The van der Waals surface area contributed by atoms with E-state index in [1.54, 1.807) is 0 Å². The minimum Gasteiger partial charge on any atom is -0.300 e. The van der Waals surface area contributed by atoms with E-state index in [-0.39, 0.29) is 0 Å². The number of hydrogen-bond donors (Lipinski definition) is 0. The standard InChI is InChI=1S/C10H19O/c1-3-5-6-7-9-10(11)8-4-2/h2-9H2,1H3. The van der Waals surface area contributed by atoms with Gasteiger partial charge in [-0.1, -0.05) is 33.1 Å². The second kappa shape index (κ2) is 7.77. The second-order valence-corrected chi connectivity index (χ2v) is 2.95. The summed E-state index contributed by atoms with van der Waals surface area (Å²) in [6, 6.07) is 0. The fraction of sp³-hybridized carbons (Fsp3) is 0.800. The lowest BCUT2D eigenvalue weighted by atomic mass is 10.1. The Labute approximate surface area is 70.2 Å². The first-order valence-corrected chi connectivity index (χ1v) is 4.62. The van der Waals surface area contributed by atoms with Crippen LogP contribution in [0.5, 0.6) is 0 Å². The Morgan fingerprint density at radius 1 is 1.18 bits per heavy atom. The molecule has 0 N–H and O–H groups in total. The second-order valence-electron chi connectivity index (χ2n) is 2.95. The van der Waals surface area contributed by atoms with Crippen LogP contribution >= 0.6 is 0 Å². The molecule has 0 aliphatic carbocycles. The zero-order valence-electron chi connectivity index (χ0n) is 7.57. The van der Waals surface area contributed by atoms with Gasteiger partial charge in [-0.2, -0.15) is 0 Å². The predicted molar refractivity (Wildman–Crippen MR) is 48.4 cm³/mol. The van der Waals surface area contributed by atoms with E-state index in [1.165, 1.54) is 19.3 Å². The van der Waals surface area contributed by atoms with Crippen LogP contribution in [0.4, 0.5) is 0 Å². The molecule has 1 heteroatoms. The third-order valence-electron chi connectivity index (χ3n) is 1.76. The van der Waals surface area contributed by atoms with E-state index in [4.69, 9.17) is 0 Å². The molecule has 0 unspecified atom stereocenters. The largest absolute Gasteiger partial charge is 0.300 e. The van der Waals surface area contributed by atoms with E-state index in [9.17, 15) is 4.79 Å². The lowest BCUT2D eigenvalue weighted by Crippen LogP contribution is -1.95. The number of unbranched alkanes of at least 4 members (excludes halogenated alkanes) is 3. The van der Waals surface area contributed by atoms with Crippen LogP contribution in [0.1, 0.15) is 51.9 Å². The highest BCUT2D eigenvalue weighted by Gasteiger charge is 1.98. The molecule has 0 spiro atoms. The Bertz CT molecular complexity index is 97.0. The van der Waals surface area contributed by atoms with Gasteiger partial charge in [0.25, 0.3) is 0 Å². The Morgan fingerprint density at radius 3 is 2.45 bits per heavy atom. The summed E-state index contributed by atoms with van der Waals surface area (Å²) < 4.78 is 0. The first-order chi connectivity index (χ1) is 5.31. The highest BCUT2D eigenvalue weighted by atomic mass is 16.1. The van der Waals surface area contributed by atoms with E-state index in [1.807, 2.05) is 0 Å². The molecule has 65 valence electrons. The van der Waals surface area contributed by atoms with Gasteiger partial charge < -0.3 is 0 Å². The van der Waals surface area contributed by atoms with Gasteiger partial charge >= 0.3 is 0 Å². The maximum absolute atomic E-state index is 11.0. The van der Waals surface area contributed by atoms with Crippen molar-refractivity contribution in [2.75, 3.05) is 0 Å². The normalized spacial score (nSPS) is 10.0. The van der Waals surface area contributed by atoms with Crippen LogP contribution in [0.15, 0.2) is 0 Å². The van der Waals surface area contributed by atoms with Crippen molar-refractivity contribution in [1.82, 2.24) is 0 Å². The van der Waals surface area contributed by atoms with Crippen LogP contribution in [-0.4, -0.2) is 5.78 Å². The van der Waals surface area contributed by atoms with E-state index < -0.39 is 0 Å². The summed E-state index contributed by atoms with van der Waals surface area (Å²) in [5, 5.41) is 0. The van der Waals surface area contributed by atoms with Gasteiger partial charge in [0.15, 0.2) is 0 Å². The zero-order chi connectivity index (χ0) is 8.53.